The molecule has 0 aliphatic rings. The van der Waals surface area contributed by atoms with Gasteiger partial charge < -0.3 is 16.0 Å². The summed E-state index contributed by atoms with van der Waals surface area (Å²) in [6.07, 6.45) is 0.273. The van der Waals surface area contributed by atoms with E-state index in [-0.39, 0.29) is 24.8 Å². The fraction of sp³-hybridized carbons (Fsp3) is 0.125. The summed E-state index contributed by atoms with van der Waals surface area (Å²) in [4.78, 5) is 31.5. The van der Waals surface area contributed by atoms with E-state index in [0.717, 1.165) is 22.4 Å². The van der Waals surface area contributed by atoms with Crippen LogP contribution >= 0.6 is 22.7 Å². The first-order chi connectivity index (χ1) is 15.6. The van der Waals surface area contributed by atoms with Crippen molar-refractivity contribution in [2.45, 2.75) is 13.0 Å². The van der Waals surface area contributed by atoms with Crippen molar-refractivity contribution in [2.75, 3.05) is 17.6 Å². The Morgan fingerprint density at radius 2 is 1.75 bits per heavy atom. The van der Waals surface area contributed by atoms with Crippen molar-refractivity contribution >= 4 is 45.3 Å². The number of hydrogen-bond donors (Lipinski definition) is 2. The molecule has 0 unspecified atom stereocenters. The normalized spacial score (nSPS) is 10.6. The molecule has 0 saturated heterocycles. The van der Waals surface area contributed by atoms with Gasteiger partial charge in [-0.05, 0) is 40.1 Å². The maximum absolute atomic E-state index is 12.9. The molecule has 3 N–H and O–H groups in total. The molecule has 8 heteroatoms. The number of thiophene rings is 1. The average Bonchev–Trinajstić information content (AvgIpc) is 3.46. The van der Waals surface area contributed by atoms with Crippen LogP contribution < -0.4 is 11.1 Å². The monoisotopic (exact) mass is 462 g/mol. The Balaban J connectivity index is 1.42. The summed E-state index contributed by atoms with van der Waals surface area (Å²) in [5.74, 6) is -0.330. The van der Waals surface area contributed by atoms with Crippen LogP contribution in [0, 0.1) is 0 Å². The van der Waals surface area contributed by atoms with E-state index in [1.54, 1.807) is 16.2 Å². The molecular formula is C24H22N4O2S2. The van der Waals surface area contributed by atoms with Crippen molar-refractivity contribution in [2.24, 2.45) is 0 Å². The molecule has 0 bridgehead atoms. The number of aromatic nitrogens is 1. The standard InChI is InChI=1S/C24H22N4O2S2/c25-24-27-21(16-32-24)19-6-8-20(9-7-19)26-22(29)14-28(13-17-4-2-1-3-5-17)23(30)12-18-10-11-31-15-18/h1-11,15-16H,12-14H2,(H2,25,27)(H,26,29). The number of benzene rings is 2. The van der Waals surface area contributed by atoms with Crippen molar-refractivity contribution < 1.29 is 9.59 Å². The largest absolute Gasteiger partial charge is 0.375 e. The highest BCUT2D eigenvalue weighted by Gasteiger charge is 2.18. The molecule has 0 spiro atoms. The summed E-state index contributed by atoms with van der Waals surface area (Å²) in [5, 5.41) is 9.19. The number of thiazole rings is 1. The van der Waals surface area contributed by atoms with Crippen LogP contribution in [0.4, 0.5) is 10.8 Å². The Labute approximate surface area is 194 Å². The first kappa shape index (κ1) is 21.7. The minimum atomic E-state index is -0.245. The van der Waals surface area contributed by atoms with E-state index in [4.69, 9.17) is 5.73 Å². The lowest BCUT2D eigenvalue weighted by Gasteiger charge is -2.22. The number of rotatable bonds is 8. The molecule has 4 rings (SSSR count). The second kappa shape index (κ2) is 10.2. The summed E-state index contributed by atoms with van der Waals surface area (Å²) in [6.45, 7) is 0.351. The Kier molecular flexibility index (Phi) is 6.94. The first-order valence-corrected chi connectivity index (χ1v) is 11.8. The van der Waals surface area contributed by atoms with Gasteiger partial charge in [0, 0.05) is 23.2 Å². The van der Waals surface area contributed by atoms with Gasteiger partial charge in [-0.2, -0.15) is 11.3 Å². The van der Waals surface area contributed by atoms with Crippen LogP contribution in [0.25, 0.3) is 11.3 Å². The predicted molar refractivity (Wildman–Crippen MR) is 130 cm³/mol. The maximum atomic E-state index is 12.9. The van der Waals surface area contributed by atoms with E-state index in [9.17, 15) is 9.59 Å². The van der Waals surface area contributed by atoms with E-state index < -0.39 is 0 Å². The third-order valence-corrected chi connectivity index (χ3v) is 6.23. The topological polar surface area (TPSA) is 88.3 Å². The summed E-state index contributed by atoms with van der Waals surface area (Å²) in [5.41, 5.74) is 10.0. The highest BCUT2D eigenvalue weighted by atomic mass is 32.1. The number of anilines is 2. The molecule has 162 valence electrons. The third-order valence-electron chi connectivity index (χ3n) is 4.83. The molecule has 6 nitrogen and oxygen atoms in total. The molecule has 4 aromatic rings. The Morgan fingerprint density at radius 1 is 0.969 bits per heavy atom. The first-order valence-electron chi connectivity index (χ1n) is 10.0. The van der Waals surface area contributed by atoms with Crippen LogP contribution in [0.2, 0.25) is 0 Å². The van der Waals surface area contributed by atoms with Gasteiger partial charge >= 0.3 is 0 Å². The molecule has 32 heavy (non-hydrogen) atoms. The van der Waals surface area contributed by atoms with E-state index in [2.05, 4.69) is 10.3 Å². The molecule has 0 atom stereocenters. The lowest BCUT2D eigenvalue weighted by molar-refractivity contribution is -0.134. The summed E-state index contributed by atoms with van der Waals surface area (Å²) >= 11 is 2.94. The van der Waals surface area contributed by atoms with Crippen LogP contribution in [0.5, 0.6) is 0 Å². The van der Waals surface area contributed by atoms with Crippen LogP contribution in [-0.2, 0) is 22.6 Å². The number of nitrogens with zero attached hydrogens (tertiary/aromatic N) is 2. The minimum Gasteiger partial charge on any atom is -0.375 e. The van der Waals surface area contributed by atoms with Gasteiger partial charge in [-0.15, -0.1) is 11.3 Å². The Bertz CT molecular complexity index is 1170. The number of hydrogen-bond acceptors (Lipinski definition) is 6. The molecular weight excluding hydrogens is 440 g/mol. The van der Waals surface area contributed by atoms with Crippen LogP contribution in [0.3, 0.4) is 0 Å². The highest BCUT2D eigenvalue weighted by molar-refractivity contribution is 7.13. The quantitative estimate of drug-likeness (QED) is 0.398. The number of amides is 2. The summed E-state index contributed by atoms with van der Waals surface area (Å²) in [6, 6.07) is 19.0. The van der Waals surface area contributed by atoms with Crippen LogP contribution in [0.15, 0.2) is 76.8 Å². The molecule has 2 aromatic carbocycles. The predicted octanol–water partition coefficient (Wildman–Crippen LogP) is 4.66. The third kappa shape index (κ3) is 5.81. The van der Waals surface area contributed by atoms with E-state index in [1.807, 2.05) is 76.8 Å². The van der Waals surface area contributed by atoms with Crippen molar-refractivity contribution in [1.29, 1.82) is 0 Å². The van der Waals surface area contributed by atoms with Gasteiger partial charge in [-0.25, -0.2) is 4.98 Å². The maximum Gasteiger partial charge on any atom is 0.244 e. The van der Waals surface area contributed by atoms with Crippen LogP contribution in [-0.4, -0.2) is 28.2 Å². The molecule has 0 aliphatic carbocycles. The second-order valence-corrected chi connectivity index (χ2v) is 8.91. The Hall–Kier alpha value is -3.49. The molecule has 0 radical (unpaired) electrons. The van der Waals surface area contributed by atoms with Gasteiger partial charge in [0.2, 0.25) is 11.8 Å². The van der Waals surface area contributed by atoms with E-state index >= 15 is 0 Å². The minimum absolute atomic E-state index is 0.0256. The van der Waals surface area contributed by atoms with Crippen molar-refractivity contribution in [1.82, 2.24) is 9.88 Å². The zero-order valence-corrected chi connectivity index (χ0v) is 18.9. The molecule has 0 saturated carbocycles. The Morgan fingerprint density at radius 3 is 2.41 bits per heavy atom. The van der Waals surface area contributed by atoms with Crippen molar-refractivity contribution in [3.8, 4) is 11.3 Å². The molecule has 2 heterocycles. The van der Waals surface area contributed by atoms with Gasteiger partial charge in [0.25, 0.3) is 0 Å². The number of carbonyl (C=O) groups is 2. The van der Waals surface area contributed by atoms with Gasteiger partial charge in [0.1, 0.15) is 6.54 Å². The average molecular weight is 463 g/mol. The van der Waals surface area contributed by atoms with Crippen molar-refractivity contribution in [3.05, 3.63) is 87.9 Å². The zero-order chi connectivity index (χ0) is 22.3. The van der Waals surface area contributed by atoms with E-state index in [1.165, 1.54) is 11.3 Å². The van der Waals surface area contributed by atoms with Crippen molar-refractivity contribution in [3.63, 3.8) is 0 Å². The second-order valence-electron chi connectivity index (χ2n) is 7.24. The molecule has 0 aliphatic heterocycles. The van der Waals surface area contributed by atoms with Crippen LogP contribution in [0.1, 0.15) is 11.1 Å². The lowest BCUT2D eigenvalue weighted by Crippen LogP contribution is -2.38. The molecule has 0 fully saturated rings. The van der Waals surface area contributed by atoms with Gasteiger partial charge in [-0.3, -0.25) is 9.59 Å². The fourth-order valence-electron chi connectivity index (χ4n) is 3.23. The van der Waals surface area contributed by atoms with Gasteiger partial charge in [0.05, 0.1) is 12.1 Å². The van der Waals surface area contributed by atoms with E-state index in [0.29, 0.717) is 17.4 Å². The molecule has 2 aromatic heterocycles. The number of nitrogen functional groups attached to an aromatic ring is 1. The number of nitrogens with two attached hydrogens (primary N) is 1. The SMILES string of the molecule is Nc1nc(-c2ccc(NC(=O)CN(Cc3ccccc3)C(=O)Cc3ccsc3)cc2)cs1. The molecule has 2 amide bonds. The smallest absolute Gasteiger partial charge is 0.244 e. The number of nitrogens with one attached hydrogen (secondary N) is 1. The van der Waals surface area contributed by atoms with Gasteiger partial charge in [-0.1, -0.05) is 42.5 Å². The summed E-state index contributed by atoms with van der Waals surface area (Å²) in [7, 11) is 0. The van der Waals surface area contributed by atoms with Gasteiger partial charge in [0.15, 0.2) is 5.13 Å². The fourth-order valence-corrected chi connectivity index (χ4v) is 4.47. The summed E-state index contributed by atoms with van der Waals surface area (Å²) < 4.78 is 0. The zero-order valence-electron chi connectivity index (χ0n) is 17.2. The lowest BCUT2D eigenvalue weighted by atomic mass is 10.1. The number of carbonyl (C=O) groups excluding carboxylic acids is 2. The highest BCUT2D eigenvalue weighted by Crippen LogP contribution is 2.24.